The van der Waals surface area contributed by atoms with Gasteiger partial charge >= 0.3 is 0 Å². The van der Waals surface area contributed by atoms with Gasteiger partial charge in [0, 0.05) is 36.6 Å². The Labute approximate surface area is 129 Å². The summed E-state index contributed by atoms with van der Waals surface area (Å²) in [6.07, 6.45) is 3.84. The minimum atomic E-state index is 1.01. The van der Waals surface area contributed by atoms with E-state index in [-0.39, 0.29) is 0 Å². The molecule has 1 N–H and O–H groups in total. The summed E-state index contributed by atoms with van der Waals surface area (Å²) in [6.45, 7) is 6.75. The molecule has 4 rings (SSSR count). The average Bonchev–Trinajstić information content (AvgIpc) is 3.22. The molecule has 0 atom stereocenters. The van der Waals surface area contributed by atoms with Crippen LogP contribution < -0.4 is 0 Å². The van der Waals surface area contributed by atoms with Crippen LogP contribution in [-0.4, -0.2) is 39.6 Å². The molecule has 2 aliphatic heterocycles. The summed E-state index contributed by atoms with van der Waals surface area (Å²) in [7, 11) is 0. The van der Waals surface area contributed by atoms with Gasteiger partial charge in [0.15, 0.2) is 0 Å². The summed E-state index contributed by atoms with van der Waals surface area (Å²) < 4.78 is 0. The lowest BCUT2D eigenvalue weighted by atomic mass is 10.0. The van der Waals surface area contributed by atoms with Gasteiger partial charge in [-0.2, -0.15) is 5.10 Å². The molecule has 0 spiro atoms. The minimum Gasteiger partial charge on any atom is -0.297 e. The second-order valence-electron chi connectivity index (χ2n) is 6.15. The van der Waals surface area contributed by atoms with E-state index in [0.717, 1.165) is 32.6 Å². The van der Waals surface area contributed by atoms with Gasteiger partial charge in [0.05, 0.1) is 11.4 Å². The van der Waals surface area contributed by atoms with E-state index in [1.54, 1.807) is 0 Å². The zero-order chi connectivity index (χ0) is 14.1. The van der Waals surface area contributed by atoms with Crippen molar-refractivity contribution in [3.8, 4) is 0 Å². The van der Waals surface area contributed by atoms with Crippen LogP contribution >= 0.6 is 11.3 Å². The van der Waals surface area contributed by atoms with Gasteiger partial charge in [0.1, 0.15) is 0 Å². The first-order valence-electron chi connectivity index (χ1n) is 7.90. The quantitative estimate of drug-likeness (QED) is 0.943. The predicted molar refractivity (Wildman–Crippen MR) is 85.2 cm³/mol. The standard InChI is InChI=1S/C16H22N4S/c1-2-7-19(6-1)11-15-14-5-8-20(12-16(14)18-17-15)10-13-4-3-9-21-13/h3-4,9H,1-2,5-8,10-12H2,(H,17,18). The highest BCUT2D eigenvalue weighted by atomic mass is 32.1. The highest BCUT2D eigenvalue weighted by Gasteiger charge is 2.23. The molecule has 2 aliphatic rings. The Morgan fingerprint density at radius 1 is 1.14 bits per heavy atom. The molecule has 5 heteroatoms. The third kappa shape index (κ3) is 2.91. The maximum Gasteiger partial charge on any atom is 0.0798 e. The fourth-order valence-electron chi connectivity index (χ4n) is 3.48. The maximum absolute atomic E-state index is 4.60. The molecule has 0 amide bonds. The first-order valence-corrected chi connectivity index (χ1v) is 8.78. The molecule has 4 nitrogen and oxygen atoms in total. The van der Waals surface area contributed by atoms with E-state index >= 15 is 0 Å². The van der Waals surface area contributed by atoms with Gasteiger partial charge < -0.3 is 0 Å². The van der Waals surface area contributed by atoms with E-state index in [0.29, 0.717) is 0 Å². The number of hydrogen-bond acceptors (Lipinski definition) is 4. The van der Waals surface area contributed by atoms with Crippen molar-refractivity contribution in [1.82, 2.24) is 20.0 Å². The Bertz CT molecular complexity index is 583. The van der Waals surface area contributed by atoms with Gasteiger partial charge in [-0.1, -0.05) is 6.07 Å². The van der Waals surface area contributed by atoms with Crippen molar-refractivity contribution in [1.29, 1.82) is 0 Å². The number of H-pyrrole nitrogens is 1. The van der Waals surface area contributed by atoms with Crippen molar-refractivity contribution in [2.75, 3.05) is 19.6 Å². The van der Waals surface area contributed by atoms with E-state index in [4.69, 9.17) is 0 Å². The molecule has 1 fully saturated rings. The molecule has 2 aromatic heterocycles. The Morgan fingerprint density at radius 2 is 2.05 bits per heavy atom. The summed E-state index contributed by atoms with van der Waals surface area (Å²) in [6, 6.07) is 4.37. The number of fused-ring (bicyclic) bond motifs is 1. The zero-order valence-electron chi connectivity index (χ0n) is 12.3. The van der Waals surface area contributed by atoms with Crippen LogP contribution in [0.4, 0.5) is 0 Å². The van der Waals surface area contributed by atoms with Gasteiger partial charge in [-0.15, -0.1) is 11.3 Å². The normalized spacial score (nSPS) is 20.0. The van der Waals surface area contributed by atoms with Crippen molar-refractivity contribution >= 4 is 11.3 Å². The molecular weight excluding hydrogens is 280 g/mol. The lowest BCUT2D eigenvalue weighted by molar-refractivity contribution is 0.243. The second kappa shape index (κ2) is 5.91. The van der Waals surface area contributed by atoms with Gasteiger partial charge in [0.25, 0.3) is 0 Å². The van der Waals surface area contributed by atoms with Crippen LogP contribution in [0.3, 0.4) is 0 Å². The molecule has 0 saturated carbocycles. The van der Waals surface area contributed by atoms with Crippen molar-refractivity contribution in [2.45, 2.75) is 38.9 Å². The lowest BCUT2D eigenvalue weighted by Gasteiger charge is -2.26. The number of likely N-dealkylation sites (tertiary alicyclic amines) is 1. The van der Waals surface area contributed by atoms with Gasteiger partial charge in [-0.3, -0.25) is 14.9 Å². The summed E-state index contributed by atoms with van der Waals surface area (Å²) in [5, 5.41) is 10.1. The molecule has 1 saturated heterocycles. The van der Waals surface area contributed by atoms with Crippen molar-refractivity contribution in [2.24, 2.45) is 0 Å². The largest absolute Gasteiger partial charge is 0.297 e. The average molecular weight is 302 g/mol. The Morgan fingerprint density at radius 3 is 2.86 bits per heavy atom. The van der Waals surface area contributed by atoms with Crippen molar-refractivity contribution < 1.29 is 0 Å². The monoisotopic (exact) mass is 302 g/mol. The molecule has 0 aromatic carbocycles. The highest BCUT2D eigenvalue weighted by molar-refractivity contribution is 7.09. The third-order valence-corrected chi connectivity index (χ3v) is 5.49. The molecule has 0 bridgehead atoms. The number of nitrogens with zero attached hydrogens (tertiary/aromatic N) is 3. The predicted octanol–water partition coefficient (Wildman–Crippen LogP) is 2.63. The molecule has 0 aliphatic carbocycles. The summed E-state index contributed by atoms with van der Waals surface area (Å²) in [5.41, 5.74) is 4.12. The third-order valence-electron chi connectivity index (χ3n) is 4.63. The highest BCUT2D eigenvalue weighted by Crippen LogP contribution is 2.24. The van der Waals surface area contributed by atoms with Crippen LogP contribution in [0.5, 0.6) is 0 Å². The van der Waals surface area contributed by atoms with Crippen LogP contribution in [0.2, 0.25) is 0 Å². The number of aromatic amines is 1. The Hall–Kier alpha value is -1.17. The van der Waals surface area contributed by atoms with E-state index in [1.807, 2.05) is 11.3 Å². The molecule has 0 radical (unpaired) electrons. The fraction of sp³-hybridized carbons (Fsp3) is 0.562. The molecule has 21 heavy (non-hydrogen) atoms. The topological polar surface area (TPSA) is 35.2 Å². The van der Waals surface area contributed by atoms with E-state index in [9.17, 15) is 0 Å². The van der Waals surface area contributed by atoms with Crippen LogP contribution in [0, 0.1) is 0 Å². The van der Waals surface area contributed by atoms with Crippen LogP contribution in [-0.2, 0) is 26.1 Å². The van der Waals surface area contributed by atoms with E-state index in [1.165, 1.54) is 47.8 Å². The zero-order valence-corrected chi connectivity index (χ0v) is 13.2. The van der Waals surface area contributed by atoms with Crippen LogP contribution in [0.15, 0.2) is 17.5 Å². The van der Waals surface area contributed by atoms with Gasteiger partial charge in [0.2, 0.25) is 0 Å². The number of rotatable bonds is 4. The number of hydrogen-bond donors (Lipinski definition) is 1. The Kier molecular flexibility index (Phi) is 3.80. The van der Waals surface area contributed by atoms with Crippen LogP contribution in [0.25, 0.3) is 0 Å². The maximum atomic E-state index is 4.60. The molecular formula is C16H22N4S. The Balaban J connectivity index is 1.43. The van der Waals surface area contributed by atoms with Gasteiger partial charge in [-0.25, -0.2) is 0 Å². The van der Waals surface area contributed by atoms with Crippen molar-refractivity contribution in [3.05, 3.63) is 39.3 Å². The van der Waals surface area contributed by atoms with E-state index in [2.05, 4.69) is 37.5 Å². The number of thiophene rings is 1. The number of nitrogens with one attached hydrogen (secondary N) is 1. The lowest BCUT2D eigenvalue weighted by Crippen LogP contribution is -2.30. The molecule has 112 valence electrons. The van der Waals surface area contributed by atoms with E-state index < -0.39 is 0 Å². The fourth-order valence-corrected chi connectivity index (χ4v) is 4.23. The minimum absolute atomic E-state index is 1.01. The van der Waals surface area contributed by atoms with Crippen molar-refractivity contribution in [3.63, 3.8) is 0 Å². The molecule has 0 unspecified atom stereocenters. The molecule has 4 heterocycles. The first-order chi connectivity index (χ1) is 10.4. The summed E-state index contributed by atoms with van der Waals surface area (Å²) >= 11 is 1.85. The summed E-state index contributed by atoms with van der Waals surface area (Å²) in [5.74, 6) is 0. The van der Waals surface area contributed by atoms with Crippen LogP contribution in [0.1, 0.15) is 34.7 Å². The molecule has 2 aromatic rings. The van der Waals surface area contributed by atoms with Gasteiger partial charge in [-0.05, 0) is 43.8 Å². The number of aromatic nitrogens is 2. The smallest absolute Gasteiger partial charge is 0.0798 e. The second-order valence-corrected chi connectivity index (χ2v) is 7.18. The first kappa shape index (κ1) is 13.5. The SMILES string of the molecule is c1csc(CN2CCc3c(CN4CCCC4)n[nH]c3C2)c1. The summed E-state index contributed by atoms with van der Waals surface area (Å²) in [4.78, 5) is 6.51.